The average molecular weight is 309 g/mol. The lowest BCUT2D eigenvalue weighted by Crippen LogP contribution is -2.29. The van der Waals surface area contributed by atoms with Gasteiger partial charge >= 0.3 is 0 Å². The highest BCUT2D eigenvalue weighted by atomic mass is 35.5. The van der Waals surface area contributed by atoms with E-state index in [1.165, 1.54) is 43.4 Å². The molecule has 0 aliphatic carbocycles. The number of para-hydroxylation sites is 1. The summed E-state index contributed by atoms with van der Waals surface area (Å²) >= 11 is 6.53. The fraction of sp³-hybridized carbons (Fsp3) is 0.667. The number of nitrogens with zero attached hydrogens (tertiary/aromatic N) is 1. The van der Waals surface area contributed by atoms with Crippen molar-refractivity contribution in [2.45, 2.75) is 52.5 Å². The van der Waals surface area contributed by atoms with Gasteiger partial charge in [-0.15, -0.1) is 0 Å². The Labute approximate surface area is 134 Å². The molecule has 1 heterocycles. The molecule has 1 aromatic rings. The predicted octanol–water partition coefficient (Wildman–Crippen LogP) is 4.86. The number of halogens is 1. The molecular formula is C18H29ClN2. The first-order chi connectivity index (χ1) is 10.2. The molecule has 1 saturated heterocycles. The van der Waals surface area contributed by atoms with Crippen molar-refractivity contribution in [3.8, 4) is 0 Å². The molecule has 1 N–H and O–H groups in total. The van der Waals surface area contributed by atoms with Gasteiger partial charge in [0, 0.05) is 19.6 Å². The Morgan fingerprint density at radius 2 is 1.76 bits per heavy atom. The van der Waals surface area contributed by atoms with Crippen molar-refractivity contribution in [3.05, 3.63) is 28.8 Å². The van der Waals surface area contributed by atoms with Gasteiger partial charge in [-0.1, -0.05) is 56.8 Å². The smallest absolute Gasteiger partial charge is 0.0642 e. The molecule has 1 aliphatic heterocycles. The lowest BCUT2D eigenvalue weighted by atomic mass is 10.1. The van der Waals surface area contributed by atoms with Crippen molar-refractivity contribution in [1.82, 2.24) is 5.32 Å². The largest absolute Gasteiger partial charge is 0.370 e. The predicted molar refractivity (Wildman–Crippen MR) is 93.3 cm³/mol. The second kappa shape index (κ2) is 8.65. The van der Waals surface area contributed by atoms with Crippen molar-refractivity contribution in [2.24, 2.45) is 5.92 Å². The summed E-state index contributed by atoms with van der Waals surface area (Å²) in [7, 11) is 0. The van der Waals surface area contributed by atoms with Crippen LogP contribution in [-0.2, 0) is 6.54 Å². The van der Waals surface area contributed by atoms with Gasteiger partial charge in [0.15, 0.2) is 0 Å². The van der Waals surface area contributed by atoms with E-state index in [9.17, 15) is 0 Å². The number of hydrogen-bond acceptors (Lipinski definition) is 2. The monoisotopic (exact) mass is 308 g/mol. The van der Waals surface area contributed by atoms with E-state index < -0.39 is 0 Å². The minimum Gasteiger partial charge on any atom is -0.370 e. The molecule has 0 spiro atoms. The van der Waals surface area contributed by atoms with Crippen LogP contribution in [-0.4, -0.2) is 19.6 Å². The van der Waals surface area contributed by atoms with Crippen LogP contribution in [0.15, 0.2) is 18.2 Å². The second-order valence-electron chi connectivity index (χ2n) is 6.53. The van der Waals surface area contributed by atoms with Crippen LogP contribution >= 0.6 is 11.6 Å². The maximum atomic E-state index is 6.53. The number of nitrogens with one attached hydrogen (secondary N) is 1. The molecule has 3 heteroatoms. The van der Waals surface area contributed by atoms with Crippen LogP contribution in [0.2, 0.25) is 5.02 Å². The minimum atomic E-state index is 0.675. The Bertz CT molecular complexity index is 423. The van der Waals surface area contributed by atoms with Crippen LogP contribution in [0.5, 0.6) is 0 Å². The molecule has 0 atom stereocenters. The van der Waals surface area contributed by atoms with Crippen molar-refractivity contribution >= 4 is 17.3 Å². The fourth-order valence-electron chi connectivity index (χ4n) is 3.02. The van der Waals surface area contributed by atoms with Crippen molar-refractivity contribution in [2.75, 3.05) is 24.5 Å². The van der Waals surface area contributed by atoms with Gasteiger partial charge in [0.05, 0.1) is 10.7 Å². The summed E-state index contributed by atoms with van der Waals surface area (Å²) in [6.07, 6.45) is 6.65. The number of anilines is 1. The molecule has 1 aliphatic rings. The summed E-state index contributed by atoms with van der Waals surface area (Å²) in [5.74, 6) is 0.675. The molecule has 0 saturated carbocycles. The Hall–Kier alpha value is -0.730. The van der Waals surface area contributed by atoms with Crippen LogP contribution in [0.1, 0.15) is 51.5 Å². The molecule has 0 amide bonds. The van der Waals surface area contributed by atoms with E-state index in [-0.39, 0.29) is 0 Å². The van der Waals surface area contributed by atoms with Gasteiger partial charge in [-0.25, -0.2) is 0 Å². The Kier molecular flexibility index (Phi) is 6.85. The zero-order valence-corrected chi connectivity index (χ0v) is 14.3. The van der Waals surface area contributed by atoms with Gasteiger partial charge in [-0.3, -0.25) is 0 Å². The topological polar surface area (TPSA) is 15.3 Å². The van der Waals surface area contributed by atoms with E-state index in [0.29, 0.717) is 5.92 Å². The zero-order chi connectivity index (χ0) is 15.1. The molecule has 1 fully saturated rings. The molecule has 0 radical (unpaired) electrons. The molecule has 1 aromatic carbocycles. The third-order valence-electron chi connectivity index (χ3n) is 4.11. The van der Waals surface area contributed by atoms with Gasteiger partial charge < -0.3 is 10.2 Å². The van der Waals surface area contributed by atoms with E-state index in [4.69, 9.17) is 11.6 Å². The molecule has 118 valence electrons. The normalized spacial score (nSPS) is 16.9. The first-order valence-corrected chi connectivity index (χ1v) is 8.79. The van der Waals surface area contributed by atoms with Crippen LogP contribution in [0.3, 0.4) is 0 Å². The summed E-state index contributed by atoms with van der Waals surface area (Å²) in [4.78, 5) is 2.51. The van der Waals surface area contributed by atoms with Crippen LogP contribution in [0, 0.1) is 5.92 Å². The highest BCUT2D eigenvalue weighted by Gasteiger charge is 2.16. The van der Waals surface area contributed by atoms with E-state index in [2.05, 4.69) is 36.2 Å². The first-order valence-electron chi connectivity index (χ1n) is 8.41. The van der Waals surface area contributed by atoms with Crippen molar-refractivity contribution in [3.63, 3.8) is 0 Å². The van der Waals surface area contributed by atoms with Gasteiger partial charge in [-0.2, -0.15) is 0 Å². The van der Waals surface area contributed by atoms with E-state index in [1.807, 2.05) is 6.07 Å². The summed E-state index contributed by atoms with van der Waals surface area (Å²) in [6, 6.07) is 6.32. The van der Waals surface area contributed by atoms with Crippen LogP contribution < -0.4 is 10.2 Å². The SMILES string of the molecule is CC(C)CNCc1cccc(Cl)c1N1CCCCCCC1. The fourth-order valence-corrected chi connectivity index (χ4v) is 3.34. The average Bonchev–Trinajstić information content (AvgIpc) is 2.39. The van der Waals surface area contributed by atoms with E-state index in [0.717, 1.165) is 31.2 Å². The molecule has 2 rings (SSSR count). The number of hydrogen-bond donors (Lipinski definition) is 1. The third-order valence-corrected chi connectivity index (χ3v) is 4.42. The molecule has 21 heavy (non-hydrogen) atoms. The third kappa shape index (κ3) is 5.19. The van der Waals surface area contributed by atoms with Crippen LogP contribution in [0.25, 0.3) is 0 Å². The zero-order valence-electron chi connectivity index (χ0n) is 13.5. The van der Waals surface area contributed by atoms with Gasteiger partial charge in [-0.05, 0) is 36.9 Å². The van der Waals surface area contributed by atoms with E-state index in [1.54, 1.807) is 0 Å². The summed E-state index contributed by atoms with van der Waals surface area (Å²) in [5.41, 5.74) is 2.60. The van der Waals surface area contributed by atoms with Crippen molar-refractivity contribution in [1.29, 1.82) is 0 Å². The lowest BCUT2D eigenvalue weighted by Gasteiger charge is -2.30. The maximum Gasteiger partial charge on any atom is 0.0642 e. The van der Waals surface area contributed by atoms with E-state index >= 15 is 0 Å². The Balaban J connectivity index is 2.11. The maximum absolute atomic E-state index is 6.53. The lowest BCUT2D eigenvalue weighted by molar-refractivity contribution is 0.544. The van der Waals surface area contributed by atoms with Crippen molar-refractivity contribution < 1.29 is 0 Å². The molecular weight excluding hydrogens is 280 g/mol. The summed E-state index contributed by atoms with van der Waals surface area (Å²) in [5, 5.41) is 4.45. The van der Waals surface area contributed by atoms with Gasteiger partial charge in [0.2, 0.25) is 0 Å². The number of rotatable bonds is 5. The Morgan fingerprint density at radius 1 is 1.10 bits per heavy atom. The standard InChI is InChI=1S/C18H29ClN2/c1-15(2)13-20-14-16-9-8-10-17(19)18(16)21-11-6-4-3-5-7-12-21/h8-10,15,20H,3-7,11-14H2,1-2H3. The summed E-state index contributed by atoms with van der Waals surface area (Å²) in [6.45, 7) is 8.72. The molecule has 0 aromatic heterocycles. The molecule has 2 nitrogen and oxygen atoms in total. The first kappa shape index (κ1) is 16.6. The molecule has 0 bridgehead atoms. The molecule has 0 unspecified atom stereocenters. The van der Waals surface area contributed by atoms with Gasteiger partial charge in [0.1, 0.15) is 0 Å². The van der Waals surface area contributed by atoms with Crippen LogP contribution in [0.4, 0.5) is 5.69 Å². The summed E-state index contributed by atoms with van der Waals surface area (Å²) < 4.78 is 0. The Morgan fingerprint density at radius 3 is 2.43 bits per heavy atom. The minimum absolute atomic E-state index is 0.675. The quantitative estimate of drug-likeness (QED) is 0.836. The van der Waals surface area contributed by atoms with Gasteiger partial charge in [0.25, 0.3) is 0 Å². The number of benzene rings is 1. The highest BCUT2D eigenvalue weighted by Crippen LogP contribution is 2.31. The highest BCUT2D eigenvalue weighted by molar-refractivity contribution is 6.33. The second-order valence-corrected chi connectivity index (χ2v) is 6.93.